The summed E-state index contributed by atoms with van der Waals surface area (Å²) in [4.78, 5) is 5.66. The second-order valence-electron chi connectivity index (χ2n) is 4.34. The van der Waals surface area contributed by atoms with Crippen molar-refractivity contribution in [3.05, 3.63) is 30.6 Å². The maximum absolute atomic E-state index is 11.0. The summed E-state index contributed by atoms with van der Waals surface area (Å²) in [7, 11) is -1.04. The van der Waals surface area contributed by atoms with Crippen molar-refractivity contribution in [1.29, 1.82) is 0 Å². The zero-order valence-electron chi connectivity index (χ0n) is 12.6. The van der Waals surface area contributed by atoms with Gasteiger partial charge in [-0.25, -0.2) is 9.28 Å². The van der Waals surface area contributed by atoms with Crippen molar-refractivity contribution in [2.45, 2.75) is 0 Å². The van der Waals surface area contributed by atoms with Gasteiger partial charge in [-0.15, -0.1) is 10.2 Å². The van der Waals surface area contributed by atoms with Gasteiger partial charge in [0.05, 0.1) is 19.4 Å². The zero-order valence-corrected chi connectivity index (χ0v) is 13.4. The summed E-state index contributed by atoms with van der Waals surface area (Å²) in [5.41, 5.74) is 1.53. The molecule has 0 saturated carbocycles. The van der Waals surface area contributed by atoms with E-state index in [1.807, 2.05) is 24.1 Å². The van der Waals surface area contributed by atoms with Crippen molar-refractivity contribution in [3.8, 4) is 0 Å². The number of benzene rings is 1. The van der Waals surface area contributed by atoms with Crippen LogP contribution in [-0.4, -0.2) is 50.9 Å². The number of H-pyrrole nitrogens is 1. The van der Waals surface area contributed by atoms with Crippen LogP contribution in [0.25, 0.3) is 0 Å². The number of hydrogen-bond donors (Lipinski definition) is 1. The lowest BCUT2D eigenvalue weighted by Gasteiger charge is -2.18. The molecule has 10 nitrogen and oxygen atoms in total. The van der Waals surface area contributed by atoms with Crippen molar-refractivity contribution in [2.75, 3.05) is 32.2 Å². The van der Waals surface area contributed by atoms with Crippen molar-refractivity contribution < 1.29 is 16.8 Å². The first kappa shape index (κ1) is 17.0. The molecule has 124 valence electrons. The van der Waals surface area contributed by atoms with Gasteiger partial charge < -0.3 is 4.90 Å². The molecule has 2 rings (SSSR count). The summed E-state index contributed by atoms with van der Waals surface area (Å²) in [6.45, 7) is 0.362. The quantitative estimate of drug-likeness (QED) is 0.723. The van der Waals surface area contributed by atoms with E-state index in [0.29, 0.717) is 18.2 Å². The number of rotatable bonds is 8. The predicted octanol–water partition coefficient (Wildman–Crippen LogP) is 1.56. The molecule has 23 heavy (non-hydrogen) atoms. The highest BCUT2D eigenvalue weighted by molar-refractivity contribution is 7.81. The van der Waals surface area contributed by atoms with Crippen molar-refractivity contribution in [1.82, 2.24) is 15.2 Å². The highest BCUT2D eigenvalue weighted by Gasteiger charge is 2.09. The fraction of sp³-hybridized carbons (Fsp3) is 0.333. The first-order valence-electron chi connectivity index (χ1n) is 6.53. The molecule has 0 spiro atoms. The van der Waals surface area contributed by atoms with Gasteiger partial charge >= 0.3 is 10.4 Å². The number of likely N-dealkylation sites (N-methyl/N-ethyl adjacent to an activating group) is 1. The normalized spacial score (nSPS) is 11.9. The molecule has 0 fully saturated rings. The minimum atomic E-state index is -3.90. The van der Waals surface area contributed by atoms with E-state index in [1.165, 1.54) is 6.33 Å². The van der Waals surface area contributed by atoms with Crippen LogP contribution < -0.4 is 4.90 Å². The van der Waals surface area contributed by atoms with Crippen LogP contribution in [0.5, 0.6) is 0 Å². The van der Waals surface area contributed by atoms with Crippen LogP contribution in [0.15, 0.2) is 40.8 Å². The second-order valence-corrected chi connectivity index (χ2v) is 5.73. The fourth-order valence-electron chi connectivity index (χ4n) is 1.58. The Hall–Kier alpha value is -2.37. The molecule has 11 heteroatoms. The Labute approximate surface area is 133 Å². The monoisotopic (exact) mass is 340 g/mol. The van der Waals surface area contributed by atoms with Gasteiger partial charge in [0.2, 0.25) is 0 Å². The minimum Gasteiger partial charge on any atom is -0.372 e. The van der Waals surface area contributed by atoms with Gasteiger partial charge in [-0.05, 0) is 24.3 Å². The van der Waals surface area contributed by atoms with Gasteiger partial charge in [0.25, 0.3) is 5.95 Å². The highest BCUT2D eigenvalue weighted by Crippen LogP contribution is 2.20. The SMILES string of the molecule is COS(=O)(=O)OCCN(C)c1ccc(N=Nc2ncn[nH]2)cc1. The lowest BCUT2D eigenvalue weighted by molar-refractivity contribution is 0.248. The van der Waals surface area contributed by atoms with E-state index in [1.54, 1.807) is 12.1 Å². The van der Waals surface area contributed by atoms with E-state index in [0.717, 1.165) is 12.8 Å². The van der Waals surface area contributed by atoms with Crippen LogP contribution in [0.2, 0.25) is 0 Å². The molecule has 1 aromatic heterocycles. The maximum Gasteiger partial charge on any atom is 0.399 e. The fourth-order valence-corrected chi connectivity index (χ4v) is 1.95. The Kier molecular flexibility index (Phi) is 5.73. The third kappa shape index (κ3) is 5.39. The van der Waals surface area contributed by atoms with Gasteiger partial charge in [0, 0.05) is 19.3 Å². The first-order valence-corrected chi connectivity index (χ1v) is 7.87. The van der Waals surface area contributed by atoms with E-state index >= 15 is 0 Å². The largest absolute Gasteiger partial charge is 0.399 e. The number of hydrogen-bond acceptors (Lipinski definition) is 9. The molecule has 0 aliphatic rings. The molecule has 0 unspecified atom stereocenters. The molecule has 1 heterocycles. The maximum atomic E-state index is 11.0. The van der Waals surface area contributed by atoms with Gasteiger partial charge in [-0.1, -0.05) is 0 Å². The van der Waals surface area contributed by atoms with E-state index in [9.17, 15) is 8.42 Å². The van der Waals surface area contributed by atoms with Gasteiger partial charge in [0.1, 0.15) is 6.33 Å². The third-order valence-electron chi connectivity index (χ3n) is 2.81. The summed E-state index contributed by atoms with van der Waals surface area (Å²) in [6.07, 6.45) is 1.35. The smallest absolute Gasteiger partial charge is 0.372 e. The molecule has 0 saturated heterocycles. The van der Waals surface area contributed by atoms with Crippen LogP contribution in [0.4, 0.5) is 17.3 Å². The van der Waals surface area contributed by atoms with Crippen molar-refractivity contribution in [2.24, 2.45) is 10.2 Å². The molecule has 1 aromatic carbocycles. The number of anilines is 1. The predicted molar refractivity (Wildman–Crippen MR) is 82.2 cm³/mol. The van der Waals surface area contributed by atoms with Crippen LogP contribution in [0, 0.1) is 0 Å². The zero-order chi connectivity index (χ0) is 16.7. The molecule has 0 radical (unpaired) electrons. The second kappa shape index (κ2) is 7.76. The topological polar surface area (TPSA) is 122 Å². The number of nitrogens with one attached hydrogen (secondary N) is 1. The number of aromatic nitrogens is 3. The van der Waals surface area contributed by atoms with Crippen LogP contribution in [0.1, 0.15) is 0 Å². The standard InChI is InChI=1S/C12H16N6O4S/c1-18(7-8-22-23(19,20)21-2)11-5-3-10(4-6-11)15-17-12-13-9-14-16-12/h3-6,9H,7-8H2,1-2H3,(H,13,14,16). The molecule has 1 N–H and O–H groups in total. The van der Waals surface area contributed by atoms with Crippen LogP contribution >= 0.6 is 0 Å². The highest BCUT2D eigenvalue weighted by atomic mass is 32.3. The average molecular weight is 340 g/mol. The number of nitrogens with zero attached hydrogens (tertiary/aromatic N) is 5. The Morgan fingerprint density at radius 3 is 2.61 bits per heavy atom. The molecule has 0 aliphatic carbocycles. The number of aromatic amines is 1. The van der Waals surface area contributed by atoms with Gasteiger partial charge in [-0.3, -0.25) is 4.18 Å². The van der Waals surface area contributed by atoms with E-state index in [4.69, 9.17) is 0 Å². The summed E-state index contributed by atoms with van der Waals surface area (Å²) < 4.78 is 30.9. The van der Waals surface area contributed by atoms with Crippen LogP contribution in [0.3, 0.4) is 0 Å². The molecule has 2 aromatic rings. The Morgan fingerprint density at radius 2 is 2.00 bits per heavy atom. The summed E-state index contributed by atoms with van der Waals surface area (Å²) in [6, 6.07) is 7.22. The lowest BCUT2D eigenvalue weighted by atomic mass is 10.2. The molecule has 0 bridgehead atoms. The minimum absolute atomic E-state index is 0.0143. The third-order valence-corrected chi connectivity index (χ3v) is 3.68. The summed E-state index contributed by atoms with van der Waals surface area (Å²) in [5.74, 6) is 0.322. The molecule has 0 aliphatic heterocycles. The van der Waals surface area contributed by atoms with E-state index in [2.05, 4.69) is 33.8 Å². The molecule has 0 amide bonds. The van der Waals surface area contributed by atoms with Crippen LogP contribution in [-0.2, 0) is 18.8 Å². The van der Waals surface area contributed by atoms with E-state index < -0.39 is 10.4 Å². The van der Waals surface area contributed by atoms with Gasteiger partial charge in [-0.2, -0.15) is 18.5 Å². The van der Waals surface area contributed by atoms with E-state index in [-0.39, 0.29) is 6.61 Å². The average Bonchev–Trinajstić information content (AvgIpc) is 3.06. The Bertz CT molecular complexity index is 729. The summed E-state index contributed by atoms with van der Waals surface area (Å²) in [5, 5.41) is 14.1. The Morgan fingerprint density at radius 1 is 1.26 bits per heavy atom. The summed E-state index contributed by atoms with van der Waals surface area (Å²) >= 11 is 0. The lowest BCUT2D eigenvalue weighted by Crippen LogP contribution is -2.24. The van der Waals surface area contributed by atoms with Crippen molar-refractivity contribution >= 4 is 27.7 Å². The molecule has 0 atom stereocenters. The van der Waals surface area contributed by atoms with Gasteiger partial charge in [0.15, 0.2) is 0 Å². The molecular weight excluding hydrogens is 324 g/mol. The first-order chi connectivity index (χ1) is 11.0. The molecular formula is C12H16N6O4S. The van der Waals surface area contributed by atoms with Crippen molar-refractivity contribution in [3.63, 3.8) is 0 Å². The Balaban J connectivity index is 1.88. The number of azo groups is 1.